The lowest BCUT2D eigenvalue weighted by molar-refractivity contribution is -0.128. The Morgan fingerprint density at radius 1 is 1.19 bits per heavy atom. The summed E-state index contributed by atoms with van der Waals surface area (Å²) in [5, 5.41) is 7.77. The van der Waals surface area contributed by atoms with Crippen molar-refractivity contribution < 1.29 is 14.1 Å². The number of hydrogen-bond acceptors (Lipinski definition) is 5. The van der Waals surface area contributed by atoms with E-state index in [1.54, 1.807) is 36.4 Å². The fourth-order valence-electron chi connectivity index (χ4n) is 2.35. The van der Waals surface area contributed by atoms with Crippen LogP contribution in [0.4, 0.5) is 0 Å². The maximum absolute atomic E-state index is 12.4. The molecular formula is C19H17Cl2N3O3. The molecule has 1 atom stereocenters. The van der Waals surface area contributed by atoms with Crippen LogP contribution in [0, 0.1) is 0 Å². The van der Waals surface area contributed by atoms with Gasteiger partial charge in [-0.05, 0) is 42.8 Å². The van der Waals surface area contributed by atoms with Crippen molar-refractivity contribution in [1.82, 2.24) is 15.5 Å². The summed E-state index contributed by atoms with van der Waals surface area (Å²) in [5.41, 5.74) is 0.665. The smallest absolute Gasteiger partial charge is 0.261 e. The van der Waals surface area contributed by atoms with E-state index in [1.165, 1.54) is 0 Å². The van der Waals surface area contributed by atoms with Crippen LogP contribution in [0.2, 0.25) is 10.0 Å². The standard InChI is InChI=1S/C19H17Cl2N3O3/c1-2-16(26-13-9-7-12(20)8-10-13)19(25)22-11-17-23-18(24-27-17)14-5-3-4-6-15(14)21/h3-10,16H,2,11H2,1H3,(H,22,25)/t16-/m1/s1. The second-order valence-corrected chi connectivity index (χ2v) is 6.52. The van der Waals surface area contributed by atoms with Gasteiger partial charge in [0, 0.05) is 10.6 Å². The molecule has 1 N–H and O–H groups in total. The monoisotopic (exact) mass is 405 g/mol. The Hall–Kier alpha value is -2.57. The predicted molar refractivity (Wildman–Crippen MR) is 103 cm³/mol. The minimum absolute atomic E-state index is 0.0940. The van der Waals surface area contributed by atoms with Crippen LogP contribution in [-0.4, -0.2) is 22.2 Å². The Labute approximate surface area is 166 Å². The zero-order valence-electron chi connectivity index (χ0n) is 14.5. The number of carbonyl (C=O) groups excluding carboxylic acids is 1. The highest BCUT2D eigenvalue weighted by atomic mass is 35.5. The summed E-state index contributed by atoms with van der Waals surface area (Å²) in [6.07, 6.45) is -0.138. The van der Waals surface area contributed by atoms with E-state index in [2.05, 4.69) is 15.5 Å². The van der Waals surface area contributed by atoms with Crippen molar-refractivity contribution in [2.75, 3.05) is 0 Å². The third-order valence-electron chi connectivity index (χ3n) is 3.75. The zero-order valence-corrected chi connectivity index (χ0v) is 16.0. The molecule has 0 aliphatic rings. The normalized spacial score (nSPS) is 11.8. The van der Waals surface area contributed by atoms with Gasteiger partial charge in [0.15, 0.2) is 6.10 Å². The summed E-state index contributed by atoms with van der Waals surface area (Å²) in [4.78, 5) is 16.6. The van der Waals surface area contributed by atoms with Gasteiger partial charge < -0.3 is 14.6 Å². The maximum Gasteiger partial charge on any atom is 0.261 e. The number of aromatic nitrogens is 2. The summed E-state index contributed by atoms with van der Waals surface area (Å²) in [6, 6.07) is 14.0. The molecule has 3 aromatic rings. The Morgan fingerprint density at radius 2 is 1.93 bits per heavy atom. The predicted octanol–water partition coefficient (Wildman–Crippen LogP) is 4.52. The number of nitrogens with one attached hydrogen (secondary N) is 1. The number of amides is 1. The van der Waals surface area contributed by atoms with Crippen LogP contribution in [0.15, 0.2) is 53.1 Å². The highest BCUT2D eigenvalue weighted by molar-refractivity contribution is 6.33. The third-order valence-corrected chi connectivity index (χ3v) is 4.33. The van der Waals surface area contributed by atoms with Gasteiger partial charge in [-0.2, -0.15) is 4.98 Å². The Bertz CT molecular complexity index is 913. The summed E-state index contributed by atoms with van der Waals surface area (Å²) in [7, 11) is 0. The van der Waals surface area contributed by atoms with E-state index < -0.39 is 6.10 Å². The van der Waals surface area contributed by atoms with E-state index in [9.17, 15) is 4.79 Å². The molecule has 1 aromatic heterocycles. The molecule has 1 amide bonds. The lowest BCUT2D eigenvalue weighted by atomic mass is 10.2. The van der Waals surface area contributed by atoms with Gasteiger partial charge in [0.05, 0.1) is 11.6 Å². The molecular weight excluding hydrogens is 389 g/mol. The third kappa shape index (κ3) is 4.99. The molecule has 0 saturated carbocycles. The van der Waals surface area contributed by atoms with Gasteiger partial charge in [0.1, 0.15) is 5.75 Å². The summed E-state index contributed by atoms with van der Waals surface area (Å²) in [5.74, 6) is 0.944. The number of hydrogen-bond donors (Lipinski definition) is 1. The van der Waals surface area contributed by atoms with Gasteiger partial charge in [0.2, 0.25) is 11.7 Å². The molecule has 0 spiro atoms. The molecule has 0 aliphatic heterocycles. The van der Waals surface area contributed by atoms with Gasteiger partial charge >= 0.3 is 0 Å². The van der Waals surface area contributed by atoms with Crippen LogP contribution >= 0.6 is 23.2 Å². The first-order chi connectivity index (χ1) is 13.1. The molecule has 0 radical (unpaired) electrons. The Morgan fingerprint density at radius 3 is 2.63 bits per heavy atom. The first kappa shape index (κ1) is 19.2. The second kappa shape index (κ2) is 8.88. The molecule has 140 valence electrons. The van der Waals surface area contributed by atoms with Gasteiger partial charge in [0.25, 0.3) is 5.91 Å². The highest BCUT2D eigenvalue weighted by Gasteiger charge is 2.19. The average Bonchev–Trinajstić information content (AvgIpc) is 3.15. The van der Waals surface area contributed by atoms with Gasteiger partial charge in [-0.1, -0.05) is 47.4 Å². The second-order valence-electron chi connectivity index (χ2n) is 5.68. The Balaban J connectivity index is 1.59. The van der Waals surface area contributed by atoms with Crippen molar-refractivity contribution in [3.05, 3.63) is 64.5 Å². The number of ether oxygens (including phenoxy) is 1. The quantitative estimate of drug-likeness (QED) is 0.625. The fourth-order valence-corrected chi connectivity index (χ4v) is 2.70. The van der Waals surface area contributed by atoms with Gasteiger partial charge in [-0.3, -0.25) is 4.79 Å². The number of carbonyl (C=O) groups is 1. The van der Waals surface area contributed by atoms with Crippen LogP contribution in [0.3, 0.4) is 0 Å². The first-order valence-corrected chi connectivity index (χ1v) is 9.10. The minimum Gasteiger partial charge on any atom is -0.481 e. The van der Waals surface area contributed by atoms with Crippen molar-refractivity contribution in [3.8, 4) is 17.1 Å². The molecule has 0 unspecified atom stereocenters. The van der Waals surface area contributed by atoms with E-state index in [4.69, 9.17) is 32.5 Å². The molecule has 3 rings (SSSR count). The van der Waals surface area contributed by atoms with Crippen molar-refractivity contribution in [2.45, 2.75) is 26.0 Å². The molecule has 2 aromatic carbocycles. The van der Waals surface area contributed by atoms with Gasteiger partial charge in [-0.15, -0.1) is 0 Å². The van der Waals surface area contributed by atoms with Crippen molar-refractivity contribution in [3.63, 3.8) is 0 Å². The number of nitrogens with zero attached hydrogens (tertiary/aromatic N) is 2. The molecule has 8 heteroatoms. The summed E-state index contributed by atoms with van der Waals surface area (Å²) < 4.78 is 10.9. The molecule has 6 nitrogen and oxygen atoms in total. The minimum atomic E-state index is -0.642. The van der Waals surface area contributed by atoms with Crippen molar-refractivity contribution >= 4 is 29.1 Å². The fraction of sp³-hybridized carbons (Fsp3) is 0.211. The maximum atomic E-state index is 12.4. The van der Waals surface area contributed by atoms with Crippen LogP contribution in [0.1, 0.15) is 19.2 Å². The van der Waals surface area contributed by atoms with E-state index in [1.807, 2.05) is 19.1 Å². The van der Waals surface area contributed by atoms with E-state index in [-0.39, 0.29) is 18.3 Å². The van der Waals surface area contributed by atoms with E-state index >= 15 is 0 Å². The number of rotatable bonds is 7. The summed E-state index contributed by atoms with van der Waals surface area (Å²) in [6.45, 7) is 1.96. The highest BCUT2D eigenvalue weighted by Crippen LogP contribution is 2.24. The molecule has 0 fully saturated rings. The van der Waals surface area contributed by atoms with E-state index in [0.29, 0.717) is 33.6 Å². The average molecular weight is 406 g/mol. The first-order valence-electron chi connectivity index (χ1n) is 8.34. The largest absolute Gasteiger partial charge is 0.481 e. The van der Waals surface area contributed by atoms with Crippen LogP contribution in [0.5, 0.6) is 5.75 Å². The molecule has 0 bridgehead atoms. The SMILES string of the molecule is CC[C@@H](Oc1ccc(Cl)cc1)C(=O)NCc1nc(-c2ccccc2Cl)no1. The lowest BCUT2D eigenvalue weighted by Gasteiger charge is -2.16. The Kier molecular flexibility index (Phi) is 6.32. The van der Waals surface area contributed by atoms with Crippen molar-refractivity contribution in [1.29, 1.82) is 0 Å². The molecule has 0 aliphatic carbocycles. The van der Waals surface area contributed by atoms with Crippen LogP contribution < -0.4 is 10.1 Å². The molecule has 0 saturated heterocycles. The lowest BCUT2D eigenvalue weighted by Crippen LogP contribution is -2.37. The van der Waals surface area contributed by atoms with Crippen LogP contribution in [-0.2, 0) is 11.3 Å². The number of benzene rings is 2. The van der Waals surface area contributed by atoms with Crippen molar-refractivity contribution in [2.24, 2.45) is 0 Å². The van der Waals surface area contributed by atoms with Crippen LogP contribution in [0.25, 0.3) is 11.4 Å². The molecule has 1 heterocycles. The topological polar surface area (TPSA) is 77.2 Å². The molecule has 27 heavy (non-hydrogen) atoms. The van der Waals surface area contributed by atoms with E-state index in [0.717, 1.165) is 0 Å². The number of halogens is 2. The summed E-state index contributed by atoms with van der Waals surface area (Å²) >= 11 is 12.0. The van der Waals surface area contributed by atoms with Gasteiger partial charge in [-0.25, -0.2) is 0 Å². The zero-order chi connectivity index (χ0) is 19.2.